The molecule has 0 spiro atoms. The van der Waals surface area contributed by atoms with Gasteiger partial charge in [-0.05, 0) is 0 Å². The van der Waals surface area contributed by atoms with Crippen LogP contribution in [0.2, 0.25) is 0 Å². The molecule has 0 amide bonds. The van der Waals surface area contributed by atoms with Gasteiger partial charge in [0.25, 0.3) is 0 Å². The summed E-state index contributed by atoms with van der Waals surface area (Å²) in [5, 5.41) is 0. The van der Waals surface area contributed by atoms with Gasteiger partial charge in [-0.15, -0.1) is 0 Å². The Hall–Kier alpha value is 3.77. The average molecular weight is 197 g/mol. The standard InChI is InChI=1S/Ca.Li.Mg.Mn.Zn.5H/q+2;+1;+2;;;5*-1. The van der Waals surface area contributed by atoms with Crippen LogP contribution in [-0.4, -0.2) is 60.8 Å². The van der Waals surface area contributed by atoms with Crippen LogP contribution in [0.5, 0.6) is 0 Å². The van der Waals surface area contributed by atoms with Crippen LogP contribution in [0.3, 0.4) is 0 Å². The van der Waals surface area contributed by atoms with Crippen LogP contribution in [0.25, 0.3) is 0 Å². The van der Waals surface area contributed by atoms with E-state index < -0.39 is 0 Å². The molecule has 0 rings (SSSR count). The van der Waals surface area contributed by atoms with Gasteiger partial charge in [-0.1, -0.05) is 0 Å². The van der Waals surface area contributed by atoms with Gasteiger partial charge in [-0.3, -0.25) is 0 Å². The molecule has 0 aliphatic carbocycles. The second-order valence-corrected chi connectivity index (χ2v) is 0. The number of rotatable bonds is 0. The molecular weight excluding hydrogens is 192 g/mol. The fraction of sp³-hybridized carbons (Fsp3) is 0. The Balaban J connectivity index is 0. The van der Waals surface area contributed by atoms with Crippen molar-refractivity contribution in [1.29, 1.82) is 0 Å². The van der Waals surface area contributed by atoms with E-state index in [1.165, 1.54) is 0 Å². The van der Waals surface area contributed by atoms with Crippen molar-refractivity contribution in [2.75, 3.05) is 0 Å². The smallest absolute Gasteiger partial charge is 1.00 e. The van der Waals surface area contributed by atoms with Gasteiger partial charge in [0.15, 0.2) is 0 Å². The van der Waals surface area contributed by atoms with Crippen LogP contribution in [0.15, 0.2) is 0 Å². The van der Waals surface area contributed by atoms with E-state index in [0.717, 1.165) is 0 Å². The molecular formula is H5CaLiMgMnZn. The van der Waals surface area contributed by atoms with Gasteiger partial charge in [-0.25, -0.2) is 0 Å². The van der Waals surface area contributed by atoms with Crippen molar-refractivity contribution in [3.8, 4) is 0 Å². The van der Waals surface area contributed by atoms with Crippen LogP contribution in [-0.2, 0) is 36.5 Å². The topological polar surface area (TPSA) is 0 Å². The quantitative estimate of drug-likeness (QED) is 0.358. The normalized spacial score (nSPS) is 0. The molecule has 5 heteroatoms. The van der Waals surface area contributed by atoms with Gasteiger partial charge in [-0.2, -0.15) is 0 Å². The fourth-order valence-corrected chi connectivity index (χ4v) is 0. The summed E-state index contributed by atoms with van der Waals surface area (Å²) in [6, 6.07) is 0. The zero-order chi connectivity index (χ0) is 0. The minimum Gasteiger partial charge on any atom is -1.00 e. The third-order valence-electron chi connectivity index (χ3n) is 0. The van der Waals surface area contributed by atoms with Gasteiger partial charge < -0.3 is 7.13 Å². The van der Waals surface area contributed by atoms with Crippen molar-refractivity contribution in [3.63, 3.8) is 0 Å². The fourth-order valence-electron chi connectivity index (χ4n) is 0. The Kier molecular flexibility index (Phi) is 187. The Morgan fingerprint density at radius 1 is 1.20 bits per heavy atom. The Labute approximate surface area is 121 Å². The molecule has 0 aromatic rings. The Bertz CT molecular complexity index is 21.6. The minimum atomic E-state index is 0. The summed E-state index contributed by atoms with van der Waals surface area (Å²) >= 11 is 0. The van der Waals surface area contributed by atoms with E-state index in [1.807, 2.05) is 0 Å². The molecule has 19 valence electrons. The zero-order valence-corrected chi connectivity index (χ0v) is 11.3. The second-order valence-electron chi connectivity index (χ2n) is 0. The number of hydrogen-bond donors (Lipinski definition) is 0. The predicted octanol–water partition coefficient (Wildman–Crippen LogP) is -3.20. The van der Waals surface area contributed by atoms with Crippen molar-refractivity contribution in [2.45, 2.75) is 0 Å². The first kappa shape index (κ1) is 37.3. The molecule has 1 radical (unpaired) electrons. The molecule has 0 aromatic heterocycles. The molecule has 0 heterocycles. The van der Waals surface area contributed by atoms with Gasteiger partial charge in [0.05, 0.1) is 0 Å². The third-order valence-corrected chi connectivity index (χ3v) is 0. The molecule has 0 atom stereocenters. The summed E-state index contributed by atoms with van der Waals surface area (Å²) in [6.45, 7) is 0. The third kappa shape index (κ3) is 18.2. The zero-order valence-electron chi connectivity index (χ0n) is 8.50. The molecule has 0 aliphatic rings. The molecule has 0 aromatic carbocycles. The average Bonchev–Trinajstić information content (AvgIpc) is 0. The molecule has 5 heavy (non-hydrogen) atoms. The first-order chi connectivity index (χ1) is 0. The summed E-state index contributed by atoms with van der Waals surface area (Å²) in [7, 11) is 0. The molecule has 0 saturated carbocycles. The van der Waals surface area contributed by atoms with Gasteiger partial charge in [0.1, 0.15) is 0 Å². The van der Waals surface area contributed by atoms with Crippen molar-refractivity contribution in [1.82, 2.24) is 0 Å². The van der Waals surface area contributed by atoms with E-state index in [2.05, 4.69) is 0 Å². The molecule has 0 fully saturated rings. The van der Waals surface area contributed by atoms with E-state index in [1.54, 1.807) is 0 Å². The molecule has 0 N–H and O–H groups in total. The van der Waals surface area contributed by atoms with Crippen molar-refractivity contribution in [2.24, 2.45) is 0 Å². The van der Waals surface area contributed by atoms with Crippen molar-refractivity contribution >= 4 is 60.8 Å². The van der Waals surface area contributed by atoms with E-state index in [0.29, 0.717) is 0 Å². The molecule has 0 aliphatic heterocycles. The van der Waals surface area contributed by atoms with Crippen LogP contribution in [0.1, 0.15) is 7.13 Å². The van der Waals surface area contributed by atoms with Gasteiger partial charge in [0, 0.05) is 36.5 Å². The van der Waals surface area contributed by atoms with Crippen molar-refractivity contribution in [3.05, 3.63) is 0 Å². The first-order valence-corrected chi connectivity index (χ1v) is 0. The van der Waals surface area contributed by atoms with E-state index in [9.17, 15) is 0 Å². The van der Waals surface area contributed by atoms with Crippen LogP contribution in [0.4, 0.5) is 0 Å². The number of hydrogen-bond acceptors (Lipinski definition) is 0. The monoisotopic (exact) mass is 195 g/mol. The summed E-state index contributed by atoms with van der Waals surface area (Å²) in [5.41, 5.74) is 0. The summed E-state index contributed by atoms with van der Waals surface area (Å²) in [6.07, 6.45) is 0. The predicted molar refractivity (Wildman–Crippen MR) is 17.1 cm³/mol. The van der Waals surface area contributed by atoms with Crippen LogP contribution >= 0.6 is 0 Å². The van der Waals surface area contributed by atoms with Crippen molar-refractivity contribution < 1.29 is 62.5 Å². The maximum atomic E-state index is 0. The van der Waals surface area contributed by atoms with E-state index >= 15 is 0 Å². The Morgan fingerprint density at radius 2 is 1.20 bits per heavy atom. The summed E-state index contributed by atoms with van der Waals surface area (Å²) in [4.78, 5) is 0. The summed E-state index contributed by atoms with van der Waals surface area (Å²) < 4.78 is 0. The van der Waals surface area contributed by atoms with E-state index in [-0.39, 0.29) is 123 Å². The molecule has 0 bridgehead atoms. The molecule has 0 saturated heterocycles. The maximum Gasteiger partial charge on any atom is 2.00 e. The van der Waals surface area contributed by atoms with E-state index in [4.69, 9.17) is 0 Å². The largest absolute Gasteiger partial charge is 2.00 e. The maximum absolute atomic E-state index is 0. The van der Waals surface area contributed by atoms with Crippen LogP contribution in [0, 0.1) is 0 Å². The van der Waals surface area contributed by atoms with Gasteiger partial charge >= 0.3 is 79.7 Å². The Morgan fingerprint density at radius 3 is 1.20 bits per heavy atom. The second kappa shape index (κ2) is 25.1. The SMILES string of the molecule is [Ca+2].[H-].[H-].[H-].[H-].[H-].[Li+].[Mg+2].[Mn].[Zn]. The molecule has 0 nitrogen and oxygen atoms in total. The minimum absolute atomic E-state index is 0. The van der Waals surface area contributed by atoms with Crippen LogP contribution < -0.4 is 18.9 Å². The molecule has 0 unspecified atom stereocenters. The van der Waals surface area contributed by atoms with Gasteiger partial charge in [0.2, 0.25) is 0 Å². The summed E-state index contributed by atoms with van der Waals surface area (Å²) in [5.74, 6) is 0. The first-order valence-electron chi connectivity index (χ1n) is 0.